The largest absolute Gasteiger partial charge is 0.317 e. The summed E-state index contributed by atoms with van der Waals surface area (Å²) < 4.78 is 5.60. The summed E-state index contributed by atoms with van der Waals surface area (Å²) in [5, 5.41) is 3.76. The Morgan fingerprint density at radius 3 is 2.76 bits per heavy atom. The van der Waals surface area contributed by atoms with E-state index in [9.17, 15) is 0 Å². The first kappa shape index (κ1) is 11.4. The molecule has 1 N–H and O–H groups in total. The predicted octanol–water partition coefficient (Wildman–Crippen LogP) is 4.09. The van der Waals surface area contributed by atoms with Gasteiger partial charge in [-0.05, 0) is 28.1 Å². The predicted molar refractivity (Wildman–Crippen MR) is 82.2 cm³/mol. The van der Waals surface area contributed by atoms with Gasteiger partial charge in [-0.15, -0.1) is 0 Å². The van der Waals surface area contributed by atoms with E-state index in [-0.39, 0.29) is 0 Å². The molecule has 0 atom stereocenters. The zero-order valence-corrected chi connectivity index (χ0v) is 13.4. The maximum absolute atomic E-state index is 4.85. The second kappa shape index (κ2) is 3.67. The van der Waals surface area contributed by atoms with Gasteiger partial charge >= 0.3 is 0 Å². The van der Waals surface area contributed by atoms with Crippen molar-refractivity contribution >= 4 is 61.8 Å². The number of H-pyrrole nitrogens is 1. The maximum atomic E-state index is 4.85. The van der Waals surface area contributed by atoms with E-state index in [1.165, 1.54) is 20.8 Å². The van der Waals surface area contributed by atoms with E-state index in [4.69, 9.17) is 4.98 Å². The van der Waals surface area contributed by atoms with E-state index in [1.807, 2.05) is 6.20 Å². The van der Waals surface area contributed by atoms with E-state index in [0.717, 1.165) is 9.99 Å². The van der Waals surface area contributed by atoms with Crippen molar-refractivity contribution in [2.45, 2.75) is 19.6 Å². The molecule has 1 aromatic carbocycles. The van der Waals surface area contributed by atoms with Gasteiger partial charge in [0.25, 0.3) is 0 Å². The van der Waals surface area contributed by atoms with Crippen molar-refractivity contribution < 1.29 is 0 Å². The van der Waals surface area contributed by atoms with Crippen LogP contribution in [0.3, 0.4) is 0 Å². The molecule has 2 aromatic heterocycles. The van der Waals surface area contributed by atoms with Crippen molar-refractivity contribution in [1.29, 1.82) is 0 Å². The van der Waals surface area contributed by atoms with Crippen LogP contribution in [0, 0.1) is 0 Å². The molecule has 0 saturated carbocycles. The minimum atomic E-state index is -1.33. The minimum Gasteiger partial charge on any atom is -0.317 e. The van der Waals surface area contributed by atoms with Crippen LogP contribution >= 0.6 is 27.5 Å². The Labute approximate surface area is 113 Å². The summed E-state index contributed by atoms with van der Waals surface area (Å²) in [5.74, 6) is 0. The first-order valence-corrected chi connectivity index (χ1v) is 10.6. The normalized spacial score (nSPS) is 12.7. The molecule has 2 heterocycles. The molecule has 0 spiro atoms. The van der Waals surface area contributed by atoms with Crippen LogP contribution < -0.4 is 5.32 Å². The molecule has 0 amide bonds. The molecule has 0 radical (unpaired) electrons. The molecule has 0 aliphatic carbocycles. The maximum Gasteiger partial charge on any atom is 0.101 e. The number of aromatic nitrogens is 2. The molecule has 3 rings (SSSR count). The molecule has 0 aliphatic rings. The van der Waals surface area contributed by atoms with Crippen molar-refractivity contribution in [3.63, 3.8) is 0 Å². The van der Waals surface area contributed by atoms with E-state index in [1.54, 1.807) is 11.5 Å². The highest BCUT2D eigenvalue weighted by atomic mass is 79.9. The Kier molecular flexibility index (Phi) is 2.47. The Morgan fingerprint density at radius 2 is 2.06 bits per heavy atom. The lowest BCUT2D eigenvalue weighted by Crippen LogP contribution is -2.38. The van der Waals surface area contributed by atoms with Gasteiger partial charge in [-0.3, -0.25) is 4.98 Å². The fourth-order valence-corrected chi connectivity index (χ4v) is 4.42. The summed E-state index contributed by atoms with van der Waals surface area (Å²) in [7, 11) is -1.33. The molecule has 0 bridgehead atoms. The van der Waals surface area contributed by atoms with Crippen molar-refractivity contribution in [2.24, 2.45) is 0 Å². The van der Waals surface area contributed by atoms with Gasteiger partial charge < -0.3 is 4.37 Å². The average Bonchev–Trinajstić information content (AvgIpc) is 2.78. The van der Waals surface area contributed by atoms with Crippen molar-refractivity contribution in [3.8, 4) is 0 Å². The Balaban J connectivity index is 2.43. The fourth-order valence-electron chi connectivity index (χ4n) is 1.97. The van der Waals surface area contributed by atoms with Gasteiger partial charge in [0.15, 0.2) is 0 Å². The van der Waals surface area contributed by atoms with Crippen molar-refractivity contribution in [2.75, 3.05) is 0 Å². The number of hydrogen-bond donors (Lipinski definition) is 1. The summed E-state index contributed by atoms with van der Waals surface area (Å²) in [6.07, 6.45) is 2.05. The fraction of sp³-hybridized carbons (Fsp3) is 0.250. The number of halogens is 1. The van der Waals surface area contributed by atoms with Gasteiger partial charge in [0.1, 0.15) is 8.07 Å². The van der Waals surface area contributed by atoms with Crippen LogP contribution in [-0.4, -0.2) is 17.4 Å². The quantitative estimate of drug-likeness (QED) is 0.671. The highest BCUT2D eigenvalue weighted by Gasteiger charge is 2.21. The smallest absolute Gasteiger partial charge is 0.101 e. The van der Waals surface area contributed by atoms with E-state index >= 15 is 0 Å². The van der Waals surface area contributed by atoms with Crippen LogP contribution in [0.5, 0.6) is 0 Å². The van der Waals surface area contributed by atoms with Gasteiger partial charge in [-0.1, -0.05) is 31.2 Å². The Morgan fingerprint density at radius 1 is 1.29 bits per heavy atom. The summed E-state index contributed by atoms with van der Waals surface area (Å²) in [5.41, 5.74) is 1.14. The van der Waals surface area contributed by atoms with Crippen molar-refractivity contribution in [1.82, 2.24) is 9.36 Å². The van der Waals surface area contributed by atoms with Gasteiger partial charge in [0.2, 0.25) is 0 Å². The second-order valence-electron chi connectivity index (χ2n) is 5.29. The first-order chi connectivity index (χ1) is 7.97. The molecular weight excluding hydrogens is 312 g/mol. The topological polar surface area (TPSA) is 28.7 Å². The second-order valence-corrected chi connectivity index (χ2v) is 12.0. The monoisotopic (exact) mass is 324 g/mol. The van der Waals surface area contributed by atoms with Crippen LogP contribution in [0.25, 0.3) is 21.0 Å². The molecule has 88 valence electrons. The molecule has 5 heteroatoms. The molecule has 17 heavy (non-hydrogen) atoms. The van der Waals surface area contributed by atoms with Gasteiger partial charge in [-0.25, -0.2) is 0 Å². The Hall–Kier alpha value is -0.653. The van der Waals surface area contributed by atoms with Gasteiger partial charge in [-0.2, -0.15) is 0 Å². The van der Waals surface area contributed by atoms with Gasteiger partial charge in [0.05, 0.1) is 10.2 Å². The third-order valence-electron chi connectivity index (χ3n) is 2.93. The lowest BCUT2D eigenvalue weighted by Gasteiger charge is -2.11. The summed E-state index contributed by atoms with van der Waals surface area (Å²) >= 11 is 5.28. The van der Waals surface area contributed by atoms with Crippen LogP contribution in [0.15, 0.2) is 22.8 Å². The zero-order chi connectivity index (χ0) is 12.2. The molecule has 0 fully saturated rings. The van der Waals surface area contributed by atoms with Crippen LogP contribution in [0.4, 0.5) is 0 Å². The molecule has 0 aliphatic heterocycles. The molecule has 3 aromatic rings. The van der Waals surface area contributed by atoms with Crippen molar-refractivity contribution in [3.05, 3.63) is 22.8 Å². The number of benzene rings is 1. The Bertz CT molecular complexity index is 708. The first-order valence-electron chi connectivity index (χ1n) is 5.53. The van der Waals surface area contributed by atoms with Crippen LogP contribution in [0.1, 0.15) is 0 Å². The lowest BCUT2D eigenvalue weighted by atomic mass is 10.2. The average molecular weight is 325 g/mol. The summed E-state index contributed by atoms with van der Waals surface area (Å²) in [4.78, 5) is 4.85. The SMILES string of the molecule is C[Si](C)(C)c1cc2cc(Br)c3s[nH]cc3c2n1. The number of hydrogen-bond acceptors (Lipinski definition) is 2. The van der Waals surface area contributed by atoms with E-state index in [0.29, 0.717) is 0 Å². The number of fused-ring (bicyclic) bond motifs is 3. The van der Waals surface area contributed by atoms with E-state index in [2.05, 4.69) is 52.1 Å². The molecule has 0 saturated heterocycles. The standard InChI is InChI=1S/C12H13BrN2SSi/c1-17(2,3)10-5-7-4-9(13)12-8(6-14-16-12)11(7)15-10/h4-6,14H,1-3H3. The highest BCUT2D eigenvalue weighted by molar-refractivity contribution is 9.10. The molecular formula is C12H13BrN2SSi. The van der Waals surface area contributed by atoms with Gasteiger partial charge in [0, 0.05) is 26.8 Å². The number of nitrogens with one attached hydrogen (secondary N) is 1. The number of rotatable bonds is 1. The zero-order valence-electron chi connectivity index (χ0n) is 9.97. The number of nitrogens with zero attached hydrogens (tertiary/aromatic N) is 1. The lowest BCUT2D eigenvalue weighted by molar-refractivity contribution is 1.51. The number of aromatic amines is 1. The van der Waals surface area contributed by atoms with Crippen LogP contribution in [0.2, 0.25) is 19.6 Å². The minimum absolute atomic E-state index is 1.14. The summed E-state index contributed by atoms with van der Waals surface area (Å²) in [6.45, 7) is 7.00. The highest BCUT2D eigenvalue weighted by Crippen LogP contribution is 2.33. The molecule has 0 unspecified atom stereocenters. The van der Waals surface area contributed by atoms with E-state index < -0.39 is 8.07 Å². The third-order valence-corrected chi connectivity index (χ3v) is 6.49. The molecule has 2 nitrogen and oxygen atoms in total. The summed E-state index contributed by atoms with van der Waals surface area (Å²) in [6, 6.07) is 4.43. The third kappa shape index (κ3) is 1.77. The van der Waals surface area contributed by atoms with Crippen LogP contribution in [-0.2, 0) is 0 Å².